The highest BCUT2D eigenvalue weighted by molar-refractivity contribution is 5.89. The molecular weight excluding hydrogens is 274 g/mol. The van der Waals surface area contributed by atoms with Crippen LogP contribution in [0.1, 0.15) is 48.0 Å². The SMILES string of the molecule is COC(=O)c1cccc(CN[C@@H]2C[C@@H]3C[C@H]2[C@@H]2CCC[C@H]32)c1. The maximum Gasteiger partial charge on any atom is 0.337 e. The van der Waals surface area contributed by atoms with Gasteiger partial charge >= 0.3 is 5.97 Å². The Bertz CT molecular complexity index is 570. The molecule has 1 aromatic rings. The molecule has 3 fully saturated rings. The largest absolute Gasteiger partial charge is 0.465 e. The molecule has 22 heavy (non-hydrogen) atoms. The molecule has 0 spiro atoms. The Morgan fingerprint density at radius 2 is 2.09 bits per heavy atom. The molecule has 0 aliphatic heterocycles. The van der Waals surface area contributed by atoms with Gasteiger partial charge in [-0.05, 0) is 67.1 Å². The van der Waals surface area contributed by atoms with Crippen LogP contribution in [0.25, 0.3) is 0 Å². The van der Waals surface area contributed by atoms with Crippen molar-refractivity contribution in [1.82, 2.24) is 5.32 Å². The molecule has 4 rings (SSSR count). The highest BCUT2D eigenvalue weighted by Crippen LogP contribution is 2.58. The summed E-state index contributed by atoms with van der Waals surface area (Å²) in [7, 11) is 1.43. The molecule has 3 nitrogen and oxygen atoms in total. The third-order valence-electron chi connectivity index (χ3n) is 6.35. The molecular formula is C19H25NO2. The van der Waals surface area contributed by atoms with E-state index in [1.807, 2.05) is 18.2 Å². The number of methoxy groups -OCH3 is 1. The Morgan fingerprint density at radius 1 is 1.23 bits per heavy atom. The number of hydrogen-bond donors (Lipinski definition) is 1. The van der Waals surface area contributed by atoms with E-state index < -0.39 is 0 Å². The van der Waals surface area contributed by atoms with Crippen molar-refractivity contribution in [3.05, 3.63) is 35.4 Å². The van der Waals surface area contributed by atoms with E-state index in [2.05, 4.69) is 11.4 Å². The van der Waals surface area contributed by atoms with Gasteiger partial charge in [0.15, 0.2) is 0 Å². The summed E-state index contributed by atoms with van der Waals surface area (Å²) in [4.78, 5) is 11.6. The minimum atomic E-state index is -0.254. The van der Waals surface area contributed by atoms with E-state index in [0.29, 0.717) is 11.6 Å². The molecule has 3 saturated carbocycles. The van der Waals surface area contributed by atoms with Crippen molar-refractivity contribution in [2.75, 3.05) is 7.11 Å². The Hall–Kier alpha value is -1.35. The van der Waals surface area contributed by atoms with Crippen molar-refractivity contribution < 1.29 is 9.53 Å². The lowest BCUT2D eigenvalue weighted by molar-refractivity contribution is 0.0600. The smallest absolute Gasteiger partial charge is 0.337 e. The molecule has 3 aliphatic carbocycles. The number of hydrogen-bond acceptors (Lipinski definition) is 3. The van der Waals surface area contributed by atoms with E-state index in [1.54, 1.807) is 0 Å². The molecule has 1 N–H and O–H groups in total. The number of esters is 1. The van der Waals surface area contributed by atoms with Crippen molar-refractivity contribution in [3.8, 4) is 0 Å². The number of nitrogens with one attached hydrogen (secondary N) is 1. The second-order valence-electron chi connectivity index (χ2n) is 7.33. The molecule has 118 valence electrons. The van der Waals surface area contributed by atoms with Gasteiger partial charge in [0.1, 0.15) is 0 Å². The van der Waals surface area contributed by atoms with E-state index >= 15 is 0 Å². The molecule has 0 radical (unpaired) electrons. The topological polar surface area (TPSA) is 38.3 Å². The number of carbonyl (C=O) groups excluding carboxylic acids is 1. The average Bonchev–Trinajstić information content (AvgIpc) is 3.24. The first-order valence-electron chi connectivity index (χ1n) is 8.67. The molecule has 3 heteroatoms. The summed E-state index contributed by atoms with van der Waals surface area (Å²) in [5, 5.41) is 3.77. The molecule has 0 aromatic heterocycles. The van der Waals surface area contributed by atoms with Crippen molar-refractivity contribution >= 4 is 5.97 Å². The van der Waals surface area contributed by atoms with Crippen LogP contribution >= 0.6 is 0 Å². The van der Waals surface area contributed by atoms with Crippen molar-refractivity contribution in [1.29, 1.82) is 0 Å². The molecule has 5 atom stereocenters. The number of ether oxygens (including phenoxy) is 1. The summed E-state index contributed by atoms with van der Waals surface area (Å²) in [5.41, 5.74) is 1.82. The van der Waals surface area contributed by atoms with Crippen molar-refractivity contribution in [2.24, 2.45) is 23.7 Å². The average molecular weight is 299 g/mol. The fraction of sp³-hybridized carbons (Fsp3) is 0.632. The van der Waals surface area contributed by atoms with Crippen molar-refractivity contribution in [3.63, 3.8) is 0 Å². The fourth-order valence-corrected chi connectivity index (χ4v) is 5.48. The Morgan fingerprint density at radius 3 is 2.95 bits per heavy atom. The molecule has 3 aliphatic rings. The fourth-order valence-electron chi connectivity index (χ4n) is 5.48. The molecule has 2 bridgehead atoms. The zero-order valence-corrected chi connectivity index (χ0v) is 13.3. The lowest BCUT2D eigenvalue weighted by Crippen LogP contribution is -2.38. The first-order valence-corrected chi connectivity index (χ1v) is 8.67. The van der Waals surface area contributed by atoms with Crippen LogP contribution in [-0.2, 0) is 11.3 Å². The van der Waals surface area contributed by atoms with Gasteiger partial charge in [0, 0.05) is 12.6 Å². The van der Waals surface area contributed by atoms with E-state index in [1.165, 1.54) is 44.8 Å². The van der Waals surface area contributed by atoms with Gasteiger partial charge in [-0.1, -0.05) is 18.6 Å². The standard InChI is InChI=1S/C19H25NO2/c1-22-19(21)13-5-2-4-12(8-13)11-20-18-10-14-9-17(18)16-7-3-6-15(14)16/h2,4-5,8,14-18,20H,3,6-7,9-11H2,1H3/t14-,15+,16+,17-,18+/m0/s1. The van der Waals surface area contributed by atoms with Crippen molar-refractivity contribution in [2.45, 2.75) is 44.7 Å². The summed E-state index contributed by atoms with van der Waals surface area (Å²) < 4.78 is 4.80. The molecule has 0 unspecified atom stereocenters. The summed E-state index contributed by atoms with van der Waals surface area (Å²) in [6.07, 6.45) is 7.22. The Kier molecular flexibility index (Phi) is 3.69. The summed E-state index contributed by atoms with van der Waals surface area (Å²) in [6, 6.07) is 8.48. The quantitative estimate of drug-likeness (QED) is 0.866. The Balaban J connectivity index is 1.39. The lowest BCUT2D eigenvalue weighted by Gasteiger charge is -2.32. The maximum absolute atomic E-state index is 11.6. The van der Waals surface area contributed by atoms with Crippen LogP contribution in [0.2, 0.25) is 0 Å². The predicted octanol–water partition coefficient (Wildman–Crippen LogP) is 3.39. The molecule has 0 saturated heterocycles. The van der Waals surface area contributed by atoms with E-state index in [-0.39, 0.29) is 5.97 Å². The first kappa shape index (κ1) is 14.3. The highest BCUT2D eigenvalue weighted by Gasteiger charge is 2.53. The normalized spacial score (nSPS) is 35.6. The number of fused-ring (bicyclic) bond motifs is 5. The number of rotatable bonds is 4. The zero-order chi connectivity index (χ0) is 15.1. The van der Waals surface area contributed by atoms with Crippen LogP contribution in [0, 0.1) is 23.7 Å². The van der Waals surface area contributed by atoms with Crippen LogP contribution in [0.15, 0.2) is 24.3 Å². The summed E-state index contributed by atoms with van der Waals surface area (Å²) >= 11 is 0. The van der Waals surface area contributed by atoms with Gasteiger partial charge in [-0.25, -0.2) is 4.79 Å². The molecule has 0 amide bonds. The minimum Gasteiger partial charge on any atom is -0.465 e. The summed E-state index contributed by atoms with van der Waals surface area (Å²) in [6.45, 7) is 0.857. The van der Waals surface area contributed by atoms with E-state index in [0.717, 1.165) is 30.2 Å². The van der Waals surface area contributed by atoms with Crippen LogP contribution in [0.4, 0.5) is 0 Å². The van der Waals surface area contributed by atoms with Crippen LogP contribution < -0.4 is 5.32 Å². The minimum absolute atomic E-state index is 0.254. The number of carbonyl (C=O) groups is 1. The van der Waals surface area contributed by atoms with Gasteiger partial charge in [-0.15, -0.1) is 0 Å². The van der Waals surface area contributed by atoms with Gasteiger partial charge < -0.3 is 10.1 Å². The first-order chi connectivity index (χ1) is 10.8. The lowest BCUT2D eigenvalue weighted by atomic mass is 9.79. The monoisotopic (exact) mass is 299 g/mol. The third-order valence-corrected chi connectivity index (χ3v) is 6.35. The highest BCUT2D eigenvalue weighted by atomic mass is 16.5. The second-order valence-corrected chi connectivity index (χ2v) is 7.33. The van der Waals surface area contributed by atoms with E-state index in [4.69, 9.17) is 4.74 Å². The van der Waals surface area contributed by atoms with E-state index in [9.17, 15) is 4.79 Å². The maximum atomic E-state index is 11.6. The predicted molar refractivity (Wildman–Crippen MR) is 85.5 cm³/mol. The molecule has 0 heterocycles. The second kappa shape index (κ2) is 5.69. The van der Waals surface area contributed by atoms with Crippen LogP contribution in [-0.4, -0.2) is 19.1 Å². The third kappa shape index (κ3) is 2.36. The van der Waals surface area contributed by atoms with Gasteiger partial charge in [0.25, 0.3) is 0 Å². The summed E-state index contributed by atoms with van der Waals surface area (Å²) in [5.74, 6) is 3.68. The van der Waals surface area contributed by atoms with Gasteiger partial charge in [0.05, 0.1) is 12.7 Å². The Labute approximate surface area is 132 Å². The van der Waals surface area contributed by atoms with Crippen LogP contribution in [0.3, 0.4) is 0 Å². The number of benzene rings is 1. The molecule has 1 aromatic carbocycles. The zero-order valence-electron chi connectivity index (χ0n) is 13.3. The van der Waals surface area contributed by atoms with Gasteiger partial charge in [0.2, 0.25) is 0 Å². The van der Waals surface area contributed by atoms with Gasteiger partial charge in [-0.2, -0.15) is 0 Å². The van der Waals surface area contributed by atoms with Crippen LogP contribution in [0.5, 0.6) is 0 Å². The van der Waals surface area contributed by atoms with Gasteiger partial charge in [-0.3, -0.25) is 0 Å².